The number of amides is 2. The van der Waals surface area contributed by atoms with Crippen molar-refractivity contribution in [3.8, 4) is 0 Å². The van der Waals surface area contributed by atoms with Gasteiger partial charge in [0.1, 0.15) is 0 Å². The molecular weight excluding hydrogens is 292 g/mol. The van der Waals surface area contributed by atoms with Crippen LogP contribution in [0.5, 0.6) is 0 Å². The van der Waals surface area contributed by atoms with Crippen molar-refractivity contribution in [3.63, 3.8) is 0 Å². The van der Waals surface area contributed by atoms with Crippen LogP contribution in [0, 0.1) is 6.92 Å². The van der Waals surface area contributed by atoms with Crippen LogP contribution in [0.25, 0.3) is 0 Å². The van der Waals surface area contributed by atoms with Gasteiger partial charge in [0.25, 0.3) is 0 Å². The van der Waals surface area contributed by atoms with Crippen LogP contribution in [0.2, 0.25) is 0 Å². The number of benzene rings is 1. The summed E-state index contributed by atoms with van der Waals surface area (Å²) >= 11 is 0. The van der Waals surface area contributed by atoms with E-state index in [2.05, 4.69) is 10.6 Å². The van der Waals surface area contributed by atoms with Gasteiger partial charge in [0, 0.05) is 34.5 Å². The Kier molecular flexibility index (Phi) is 6.36. The molecular formula is C14H20N2O4S. The quantitative estimate of drug-likeness (QED) is 0.748. The van der Waals surface area contributed by atoms with E-state index in [1.54, 1.807) is 25.3 Å². The van der Waals surface area contributed by atoms with Gasteiger partial charge in [-0.2, -0.15) is 0 Å². The molecule has 0 fully saturated rings. The van der Waals surface area contributed by atoms with Crippen molar-refractivity contribution < 1.29 is 18.9 Å². The van der Waals surface area contributed by atoms with Crippen LogP contribution >= 0.6 is 0 Å². The van der Waals surface area contributed by atoms with Gasteiger partial charge in [0.2, 0.25) is 0 Å². The highest BCUT2D eigenvalue weighted by molar-refractivity contribution is 7.84. The van der Waals surface area contributed by atoms with Gasteiger partial charge in [0.15, 0.2) is 0 Å². The van der Waals surface area contributed by atoms with E-state index in [4.69, 9.17) is 5.11 Å². The predicted octanol–water partition coefficient (Wildman–Crippen LogP) is 1.97. The number of hydrogen-bond acceptors (Lipinski definition) is 3. The second kappa shape index (κ2) is 7.78. The monoisotopic (exact) mass is 312 g/mol. The molecule has 116 valence electrons. The van der Waals surface area contributed by atoms with Crippen molar-refractivity contribution >= 4 is 28.5 Å². The summed E-state index contributed by atoms with van der Waals surface area (Å²) in [4.78, 5) is 22.7. The Hall–Kier alpha value is -1.89. The lowest BCUT2D eigenvalue weighted by Crippen LogP contribution is -2.31. The predicted molar refractivity (Wildman–Crippen MR) is 83.3 cm³/mol. The molecule has 0 radical (unpaired) electrons. The molecule has 0 aliphatic carbocycles. The van der Waals surface area contributed by atoms with Crippen molar-refractivity contribution in [1.82, 2.24) is 5.32 Å². The third kappa shape index (κ3) is 5.55. The molecule has 0 aliphatic rings. The van der Waals surface area contributed by atoms with E-state index < -0.39 is 22.8 Å². The molecule has 0 saturated heterocycles. The SMILES string of the molecule is Cc1ccc(NC(=O)NCCC(C)S(C)=O)cc1C(=O)O. The lowest BCUT2D eigenvalue weighted by Gasteiger charge is -2.11. The van der Waals surface area contributed by atoms with Crippen molar-refractivity contribution in [2.75, 3.05) is 18.1 Å². The standard InChI is InChI=1S/C14H20N2O4S/c1-9-4-5-11(8-12(9)13(17)18)16-14(19)15-7-6-10(2)21(3)20/h4-5,8,10H,6-7H2,1-3H3,(H,17,18)(H2,15,16,19). The van der Waals surface area contributed by atoms with Crippen LogP contribution in [-0.2, 0) is 10.8 Å². The van der Waals surface area contributed by atoms with E-state index in [0.717, 1.165) is 0 Å². The zero-order chi connectivity index (χ0) is 16.0. The molecule has 2 unspecified atom stereocenters. The number of carbonyl (C=O) groups excluding carboxylic acids is 1. The summed E-state index contributed by atoms with van der Waals surface area (Å²) in [6.07, 6.45) is 2.25. The van der Waals surface area contributed by atoms with E-state index >= 15 is 0 Å². The van der Waals surface area contributed by atoms with Crippen LogP contribution in [0.3, 0.4) is 0 Å². The van der Waals surface area contributed by atoms with Gasteiger partial charge in [-0.1, -0.05) is 13.0 Å². The first-order valence-corrected chi connectivity index (χ1v) is 8.14. The van der Waals surface area contributed by atoms with Crippen molar-refractivity contribution in [2.24, 2.45) is 0 Å². The van der Waals surface area contributed by atoms with Crippen molar-refractivity contribution in [2.45, 2.75) is 25.5 Å². The fraction of sp³-hybridized carbons (Fsp3) is 0.429. The molecule has 0 saturated carbocycles. The van der Waals surface area contributed by atoms with Crippen molar-refractivity contribution in [1.29, 1.82) is 0 Å². The molecule has 2 amide bonds. The fourth-order valence-corrected chi connectivity index (χ4v) is 2.11. The zero-order valence-corrected chi connectivity index (χ0v) is 13.1. The third-order valence-corrected chi connectivity index (χ3v) is 4.50. The van der Waals surface area contributed by atoms with Crippen LogP contribution in [0.1, 0.15) is 29.3 Å². The number of rotatable bonds is 6. The molecule has 1 aromatic rings. The maximum Gasteiger partial charge on any atom is 0.336 e. The summed E-state index contributed by atoms with van der Waals surface area (Å²) in [6, 6.07) is 4.29. The molecule has 0 aliphatic heterocycles. The number of urea groups is 1. The largest absolute Gasteiger partial charge is 0.478 e. The molecule has 0 spiro atoms. The van der Waals surface area contributed by atoms with Crippen molar-refractivity contribution in [3.05, 3.63) is 29.3 Å². The maximum absolute atomic E-state index is 11.7. The minimum Gasteiger partial charge on any atom is -0.478 e. The van der Waals surface area contributed by atoms with Gasteiger partial charge < -0.3 is 15.7 Å². The summed E-state index contributed by atoms with van der Waals surface area (Å²) < 4.78 is 11.2. The second-order valence-electron chi connectivity index (χ2n) is 4.81. The Bertz CT molecular complexity index is 560. The van der Waals surface area contributed by atoms with Crippen LogP contribution in [-0.4, -0.2) is 39.4 Å². The highest BCUT2D eigenvalue weighted by Gasteiger charge is 2.10. The maximum atomic E-state index is 11.7. The first-order chi connectivity index (χ1) is 9.81. The van der Waals surface area contributed by atoms with E-state index in [1.165, 1.54) is 6.07 Å². The van der Waals surface area contributed by atoms with E-state index in [1.807, 2.05) is 6.92 Å². The number of carbonyl (C=O) groups is 2. The number of carboxylic acid groups (broad SMARTS) is 1. The summed E-state index contributed by atoms with van der Waals surface area (Å²) in [6.45, 7) is 3.96. The summed E-state index contributed by atoms with van der Waals surface area (Å²) in [7, 11) is -0.911. The summed E-state index contributed by atoms with van der Waals surface area (Å²) in [5.41, 5.74) is 1.21. The lowest BCUT2D eigenvalue weighted by atomic mass is 10.1. The average molecular weight is 312 g/mol. The minimum atomic E-state index is -1.03. The number of aryl methyl sites for hydroxylation is 1. The molecule has 2 atom stereocenters. The van der Waals surface area contributed by atoms with Crippen LogP contribution < -0.4 is 10.6 Å². The topological polar surface area (TPSA) is 95.5 Å². The Labute approximate surface area is 126 Å². The molecule has 7 heteroatoms. The number of aromatic carboxylic acids is 1. The first kappa shape index (κ1) is 17.2. The Morgan fingerprint density at radius 1 is 1.38 bits per heavy atom. The first-order valence-electron chi connectivity index (χ1n) is 6.52. The molecule has 0 bridgehead atoms. The van der Waals surface area contributed by atoms with Crippen LogP contribution in [0.4, 0.5) is 10.5 Å². The number of nitrogens with one attached hydrogen (secondary N) is 2. The molecule has 3 N–H and O–H groups in total. The van der Waals surface area contributed by atoms with Gasteiger partial charge in [0.05, 0.1) is 5.56 Å². The second-order valence-corrected chi connectivity index (χ2v) is 6.62. The third-order valence-electron chi connectivity index (χ3n) is 3.13. The lowest BCUT2D eigenvalue weighted by molar-refractivity contribution is 0.0696. The zero-order valence-electron chi connectivity index (χ0n) is 12.3. The number of anilines is 1. The van der Waals surface area contributed by atoms with Gasteiger partial charge >= 0.3 is 12.0 Å². The van der Waals surface area contributed by atoms with Gasteiger partial charge in [-0.15, -0.1) is 0 Å². The Balaban J connectivity index is 2.54. The normalized spacial score (nSPS) is 13.3. The molecule has 1 rings (SSSR count). The molecule has 6 nitrogen and oxygen atoms in total. The van der Waals surface area contributed by atoms with Gasteiger partial charge in [-0.3, -0.25) is 4.21 Å². The van der Waals surface area contributed by atoms with E-state index in [0.29, 0.717) is 24.2 Å². The number of carboxylic acids is 1. The highest BCUT2D eigenvalue weighted by Crippen LogP contribution is 2.15. The minimum absolute atomic E-state index is 0.0169. The Morgan fingerprint density at radius 2 is 2.05 bits per heavy atom. The van der Waals surface area contributed by atoms with Crippen LogP contribution in [0.15, 0.2) is 18.2 Å². The highest BCUT2D eigenvalue weighted by atomic mass is 32.2. The average Bonchev–Trinajstić information content (AvgIpc) is 2.40. The summed E-state index contributed by atoms with van der Waals surface area (Å²) in [5, 5.41) is 14.3. The number of hydrogen-bond donors (Lipinski definition) is 3. The molecule has 0 heterocycles. The Morgan fingerprint density at radius 3 is 2.62 bits per heavy atom. The fourth-order valence-electron chi connectivity index (χ4n) is 1.66. The van der Waals surface area contributed by atoms with Gasteiger partial charge in [-0.05, 0) is 31.0 Å². The van der Waals surface area contributed by atoms with E-state index in [-0.39, 0.29) is 10.8 Å². The van der Waals surface area contributed by atoms with Gasteiger partial charge in [-0.25, -0.2) is 9.59 Å². The molecule has 0 aromatic heterocycles. The summed E-state index contributed by atoms with van der Waals surface area (Å²) in [5.74, 6) is -1.03. The molecule has 21 heavy (non-hydrogen) atoms. The van der Waals surface area contributed by atoms with E-state index in [9.17, 15) is 13.8 Å². The smallest absolute Gasteiger partial charge is 0.336 e. The molecule has 1 aromatic carbocycles.